The molecule has 1 atom stereocenters. The van der Waals surface area contributed by atoms with E-state index in [1.807, 2.05) is 6.92 Å². The monoisotopic (exact) mass is 266 g/mol. The fraction of sp³-hybridized carbons (Fsp3) is 0.857. The van der Waals surface area contributed by atoms with Gasteiger partial charge in [0.25, 0.3) is 0 Å². The van der Waals surface area contributed by atoms with Crippen LogP contribution in [0, 0.1) is 17.8 Å². The molecule has 4 fully saturated rings. The summed E-state index contributed by atoms with van der Waals surface area (Å²) >= 11 is 6.04. The number of aromatic nitrogens is 2. The van der Waals surface area contributed by atoms with Crippen molar-refractivity contribution in [3.63, 3.8) is 0 Å². The highest BCUT2D eigenvalue weighted by molar-refractivity contribution is 6.20. The van der Waals surface area contributed by atoms with E-state index in [-0.39, 0.29) is 10.8 Å². The molecule has 1 unspecified atom stereocenters. The molecule has 0 saturated heterocycles. The van der Waals surface area contributed by atoms with Crippen LogP contribution in [0.25, 0.3) is 0 Å². The summed E-state index contributed by atoms with van der Waals surface area (Å²) in [5, 5.41) is 3.90. The molecule has 0 aromatic carbocycles. The lowest BCUT2D eigenvalue weighted by molar-refractivity contribution is -0.0201. The number of alkyl halides is 1. The highest BCUT2D eigenvalue weighted by Crippen LogP contribution is 2.60. The predicted molar refractivity (Wildman–Crippen MR) is 68.4 cm³/mol. The van der Waals surface area contributed by atoms with Gasteiger partial charge in [-0.15, -0.1) is 11.6 Å². The van der Waals surface area contributed by atoms with Gasteiger partial charge in [0.15, 0.2) is 5.82 Å². The third kappa shape index (κ3) is 1.56. The van der Waals surface area contributed by atoms with Crippen LogP contribution in [0.3, 0.4) is 0 Å². The van der Waals surface area contributed by atoms with Gasteiger partial charge in [0, 0.05) is 0 Å². The first-order chi connectivity index (χ1) is 8.64. The SMILES string of the molecule is CC(Cl)c1noc(C23CC4CC(CC(C4)C2)C3)n1. The zero-order valence-corrected chi connectivity index (χ0v) is 11.5. The Morgan fingerprint density at radius 1 is 1.17 bits per heavy atom. The summed E-state index contributed by atoms with van der Waals surface area (Å²) in [5.74, 6) is 4.24. The van der Waals surface area contributed by atoms with Crippen molar-refractivity contribution in [1.82, 2.24) is 10.1 Å². The minimum Gasteiger partial charge on any atom is -0.339 e. The first-order valence-corrected chi connectivity index (χ1v) is 7.56. The zero-order valence-electron chi connectivity index (χ0n) is 10.7. The quantitative estimate of drug-likeness (QED) is 0.764. The van der Waals surface area contributed by atoms with E-state index in [9.17, 15) is 0 Å². The van der Waals surface area contributed by atoms with Gasteiger partial charge >= 0.3 is 0 Å². The molecule has 18 heavy (non-hydrogen) atoms. The van der Waals surface area contributed by atoms with Gasteiger partial charge in [0.2, 0.25) is 5.89 Å². The lowest BCUT2D eigenvalue weighted by Gasteiger charge is -2.55. The lowest BCUT2D eigenvalue weighted by Crippen LogP contribution is -2.48. The number of rotatable bonds is 2. The zero-order chi connectivity index (χ0) is 12.3. The van der Waals surface area contributed by atoms with Crippen LogP contribution in [0.15, 0.2) is 4.52 Å². The Morgan fingerprint density at radius 3 is 2.17 bits per heavy atom. The van der Waals surface area contributed by atoms with Gasteiger partial charge in [0.1, 0.15) is 0 Å². The van der Waals surface area contributed by atoms with E-state index in [4.69, 9.17) is 16.1 Å². The molecule has 0 amide bonds. The molecule has 4 saturated carbocycles. The van der Waals surface area contributed by atoms with Gasteiger partial charge in [-0.2, -0.15) is 4.98 Å². The Hall–Kier alpha value is -0.570. The van der Waals surface area contributed by atoms with E-state index in [1.165, 1.54) is 38.5 Å². The molecule has 1 heterocycles. The standard InChI is InChI=1S/C14H19ClN2O/c1-8(15)12-16-13(18-17-12)14-5-9-2-10(6-14)4-11(3-9)7-14/h8-11H,2-7H2,1H3. The topological polar surface area (TPSA) is 38.9 Å². The highest BCUT2D eigenvalue weighted by Gasteiger charge is 2.54. The molecule has 4 heteroatoms. The van der Waals surface area contributed by atoms with Gasteiger partial charge in [-0.1, -0.05) is 5.16 Å². The normalized spacial score (nSPS) is 43.3. The molecule has 4 bridgehead atoms. The Morgan fingerprint density at radius 2 is 1.72 bits per heavy atom. The Labute approximate surface area is 112 Å². The molecule has 5 rings (SSSR count). The minimum absolute atomic E-state index is 0.156. The van der Waals surface area contributed by atoms with Gasteiger partial charge in [-0.25, -0.2) is 0 Å². The molecule has 0 radical (unpaired) electrons. The molecule has 0 N–H and O–H groups in total. The highest BCUT2D eigenvalue weighted by atomic mass is 35.5. The van der Waals surface area contributed by atoms with Crippen LogP contribution in [0.5, 0.6) is 0 Å². The second kappa shape index (κ2) is 3.72. The number of hydrogen-bond donors (Lipinski definition) is 0. The fourth-order valence-corrected chi connectivity index (χ4v) is 5.07. The third-order valence-electron chi connectivity index (χ3n) is 5.29. The largest absolute Gasteiger partial charge is 0.339 e. The van der Waals surface area contributed by atoms with Crippen LogP contribution in [0.4, 0.5) is 0 Å². The maximum atomic E-state index is 6.04. The number of hydrogen-bond acceptors (Lipinski definition) is 3. The van der Waals surface area contributed by atoms with E-state index in [1.54, 1.807) is 0 Å². The van der Waals surface area contributed by atoms with Crippen molar-refractivity contribution >= 4 is 11.6 Å². The maximum absolute atomic E-state index is 6.04. The molecule has 4 aliphatic carbocycles. The third-order valence-corrected chi connectivity index (χ3v) is 5.48. The number of nitrogens with zero attached hydrogens (tertiary/aromatic N) is 2. The smallest absolute Gasteiger partial charge is 0.232 e. The first-order valence-electron chi connectivity index (χ1n) is 7.13. The van der Waals surface area contributed by atoms with Crippen LogP contribution >= 0.6 is 11.6 Å². The molecular weight excluding hydrogens is 248 g/mol. The van der Waals surface area contributed by atoms with E-state index in [0.29, 0.717) is 5.82 Å². The summed E-state index contributed by atoms with van der Waals surface area (Å²) in [4.78, 5) is 4.59. The molecule has 1 aromatic rings. The summed E-state index contributed by atoms with van der Waals surface area (Å²) in [7, 11) is 0. The molecule has 98 valence electrons. The lowest BCUT2D eigenvalue weighted by atomic mass is 9.49. The summed E-state index contributed by atoms with van der Waals surface area (Å²) < 4.78 is 5.57. The second-order valence-electron chi connectivity index (χ2n) is 6.77. The van der Waals surface area contributed by atoms with E-state index in [2.05, 4.69) is 10.1 Å². The minimum atomic E-state index is -0.156. The summed E-state index contributed by atoms with van der Waals surface area (Å²) in [5.41, 5.74) is 0.200. The van der Waals surface area contributed by atoms with Crippen LogP contribution in [0.2, 0.25) is 0 Å². The van der Waals surface area contributed by atoms with Gasteiger partial charge < -0.3 is 4.52 Å². The predicted octanol–water partition coefficient (Wildman–Crippen LogP) is 3.84. The molecule has 1 aromatic heterocycles. The number of halogens is 1. The van der Waals surface area contributed by atoms with E-state index >= 15 is 0 Å². The molecule has 4 aliphatic rings. The Kier molecular flexibility index (Phi) is 2.33. The van der Waals surface area contributed by atoms with Gasteiger partial charge in [0.05, 0.1) is 10.8 Å². The van der Waals surface area contributed by atoms with Crippen LogP contribution < -0.4 is 0 Å². The van der Waals surface area contributed by atoms with Crippen molar-refractivity contribution in [3.8, 4) is 0 Å². The molecule has 3 nitrogen and oxygen atoms in total. The summed E-state index contributed by atoms with van der Waals surface area (Å²) in [6.07, 6.45) is 8.09. The molecule has 0 spiro atoms. The van der Waals surface area contributed by atoms with Crippen molar-refractivity contribution in [3.05, 3.63) is 11.7 Å². The average molecular weight is 267 g/mol. The summed E-state index contributed by atoms with van der Waals surface area (Å²) in [6.45, 7) is 1.90. The van der Waals surface area contributed by atoms with Crippen molar-refractivity contribution in [2.75, 3.05) is 0 Å². The van der Waals surface area contributed by atoms with Crippen molar-refractivity contribution in [2.45, 2.75) is 56.2 Å². The second-order valence-corrected chi connectivity index (χ2v) is 7.43. The van der Waals surface area contributed by atoms with Crippen LogP contribution in [0.1, 0.15) is 62.5 Å². The van der Waals surface area contributed by atoms with Crippen molar-refractivity contribution < 1.29 is 4.52 Å². The first kappa shape index (κ1) is 11.3. The maximum Gasteiger partial charge on any atom is 0.232 e. The van der Waals surface area contributed by atoms with Gasteiger partial charge in [-0.3, -0.25) is 0 Å². The molecule has 0 aliphatic heterocycles. The fourth-order valence-electron chi connectivity index (χ4n) is 4.98. The van der Waals surface area contributed by atoms with Crippen molar-refractivity contribution in [2.24, 2.45) is 17.8 Å². The van der Waals surface area contributed by atoms with Gasteiger partial charge in [-0.05, 0) is 63.2 Å². The van der Waals surface area contributed by atoms with Crippen LogP contribution in [-0.2, 0) is 5.41 Å². The van der Waals surface area contributed by atoms with E-state index in [0.717, 1.165) is 23.6 Å². The average Bonchev–Trinajstić information content (AvgIpc) is 2.76. The van der Waals surface area contributed by atoms with E-state index < -0.39 is 0 Å². The molecular formula is C14H19ClN2O. The Bertz CT molecular complexity index is 433. The van der Waals surface area contributed by atoms with Crippen LogP contribution in [-0.4, -0.2) is 10.1 Å². The Balaban J connectivity index is 1.70. The van der Waals surface area contributed by atoms with Crippen molar-refractivity contribution in [1.29, 1.82) is 0 Å². The summed E-state index contributed by atoms with van der Waals surface area (Å²) in [6, 6.07) is 0.